The van der Waals surface area contributed by atoms with E-state index in [0.29, 0.717) is 22.3 Å². The third-order valence-corrected chi connectivity index (χ3v) is 4.21. The van der Waals surface area contributed by atoms with Crippen LogP contribution in [0.3, 0.4) is 0 Å². The van der Waals surface area contributed by atoms with Gasteiger partial charge in [-0.1, -0.05) is 11.6 Å². The van der Waals surface area contributed by atoms with Gasteiger partial charge < -0.3 is 10.1 Å². The number of amides is 1. The molecule has 1 N–H and O–H groups in total. The molecule has 9 heteroatoms. The zero-order chi connectivity index (χ0) is 19.4. The lowest BCUT2D eigenvalue weighted by Gasteiger charge is -2.09. The molecule has 0 bridgehead atoms. The van der Waals surface area contributed by atoms with Crippen molar-refractivity contribution in [3.63, 3.8) is 0 Å². The molecule has 0 radical (unpaired) electrons. The van der Waals surface area contributed by atoms with Crippen LogP contribution in [0.25, 0.3) is 11.3 Å². The predicted molar refractivity (Wildman–Crippen MR) is 99.7 cm³/mol. The summed E-state index contributed by atoms with van der Waals surface area (Å²) in [6, 6.07) is 8.13. The minimum absolute atomic E-state index is 0.0963. The molecule has 3 aromatic rings. The lowest BCUT2D eigenvalue weighted by molar-refractivity contribution is 0.0944. The number of ether oxygens (including phenoxy) is 1. The number of nitrogens with zero attached hydrogens (tertiary/aromatic N) is 4. The first-order valence-corrected chi connectivity index (χ1v) is 8.32. The number of carbonyl (C=O) groups excluding carboxylic acids is 1. The zero-order valence-electron chi connectivity index (χ0n) is 14.6. The number of nitrogens with one attached hydrogen (secondary N) is 1. The molecule has 0 aliphatic heterocycles. The maximum atomic E-state index is 12.4. The maximum Gasteiger partial charge on any atom is 0.270 e. The molecule has 1 amide bonds. The molecule has 3 rings (SSSR count). The van der Waals surface area contributed by atoms with E-state index >= 15 is 0 Å². The minimum Gasteiger partial charge on any atom is -0.495 e. The fraction of sp³-hybridized carbons (Fsp3) is 0.167. The highest BCUT2D eigenvalue weighted by Crippen LogP contribution is 2.29. The molecule has 2 aromatic heterocycles. The van der Waals surface area contributed by atoms with Crippen molar-refractivity contribution in [1.82, 2.24) is 24.8 Å². The van der Waals surface area contributed by atoms with E-state index in [-0.39, 0.29) is 17.8 Å². The zero-order valence-corrected chi connectivity index (χ0v) is 15.4. The van der Waals surface area contributed by atoms with Crippen molar-refractivity contribution >= 4 is 17.5 Å². The van der Waals surface area contributed by atoms with E-state index in [1.165, 1.54) is 30.3 Å². The molecule has 1 aromatic carbocycles. The Hall–Kier alpha value is -3.26. The van der Waals surface area contributed by atoms with Crippen LogP contribution in [0.1, 0.15) is 16.3 Å². The third kappa shape index (κ3) is 4.12. The summed E-state index contributed by atoms with van der Waals surface area (Å²) in [6.45, 7) is 0.0963. The smallest absolute Gasteiger partial charge is 0.270 e. The van der Waals surface area contributed by atoms with Crippen molar-refractivity contribution < 1.29 is 9.53 Å². The monoisotopic (exact) mass is 385 g/mol. The van der Waals surface area contributed by atoms with E-state index in [2.05, 4.69) is 20.3 Å². The fourth-order valence-electron chi connectivity index (χ4n) is 2.39. The van der Waals surface area contributed by atoms with Gasteiger partial charge in [-0.3, -0.25) is 14.2 Å². The first kappa shape index (κ1) is 18.5. The maximum absolute atomic E-state index is 12.4. The normalized spacial score (nSPS) is 10.5. The van der Waals surface area contributed by atoms with Gasteiger partial charge in [0.2, 0.25) is 0 Å². The van der Waals surface area contributed by atoms with E-state index in [0.717, 1.165) is 5.56 Å². The number of carbonyl (C=O) groups is 1. The Morgan fingerprint density at radius 1 is 1.22 bits per heavy atom. The van der Waals surface area contributed by atoms with E-state index in [4.69, 9.17) is 16.3 Å². The van der Waals surface area contributed by atoms with Gasteiger partial charge in [-0.15, -0.1) is 0 Å². The molecule has 0 saturated heterocycles. The molecule has 0 spiro atoms. The van der Waals surface area contributed by atoms with Gasteiger partial charge in [0.25, 0.3) is 11.5 Å². The predicted octanol–water partition coefficient (Wildman–Crippen LogP) is 1.83. The van der Waals surface area contributed by atoms with Crippen LogP contribution in [0.15, 0.2) is 47.7 Å². The number of halogens is 1. The van der Waals surface area contributed by atoms with E-state index in [9.17, 15) is 9.59 Å². The van der Waals surface area contributed by atoms with Crippen molar-refractivity contribution in [3.05, 3.63) is 69.8 Å². The number of benzene rings is 1. The average molecular weight is 386 g/mol. The van der Waals surface area contributed by atoms with Gasteiger partial charge in [0.05, 0.1) is 24.4 Å². The Kier molecular flexibility index (Phi) is 5.46. The number of methoxy groups -OCH3 is 1. The van der Waals surface area contributed by atoms with Gasteiger partial charge in [0, 0.05) is 24.9 Å². The minimum atomic E-state index is -0.406. The quantitative estimate of drug-likeness (QED) is 0.719. The summed E-state index contributed by atoms with van der Waals surface area (Å²) >= 11 is 6.14. The van der Waals surface area contributed by atoms with Gasteiger partial charge in [-0.05, 0) is 24.3 Å². The van der Waals surface area contributed by atoms with Gasteiger partial charge >= 0.3 is 0 Å². The molecule has 0 saturated carbocycles. The molecule has 0 unspecified atom stereocenters. The Morgan fingerprint density at radius 2 is 2.04 bits per heavy atom. The number of rotatable bonds is 5. The summed E-state index contributed by atoms with van der Waals surface area (Å²) in [5.41, 5.74) is 1.26. The molecular formula is C18H16ClN5O3. The second-order valence-corrected chi connectivity index (χ2v) is 5.99. The van der Waals surface area contributed by atoms with Crippen molar-refractivity contribution in [3.8, 4) is 17.0 Å². The van der Waals surface area contributed by atoms with Crippen molar-refractivity contribution in [2.24, 2.45) is 7.05 Å². The third-order valence-electron chi connectivity index (χ3n) is 3.91. The van der Waals surface area contributed by atoms with Crippen LogP contribution in [0.2, 0.25) is 5.02 Å². The standard InChI is InChI=1S/C18H16ClN5O3/c1-24-16(20-6-5-17(24)25)9-21-18(26)14-8-13(22-10-23-14)11-3-4-15(27-2)12(19)7-11/h3-8,10H,9H2,1-2H3,(H,21,26). The number of aromatic nitrogens is 4. The first-order chi connectivity index (χ1) is 13.0. The second-order valence-electron chi connectivity index (χ2n) is 5.58. The summed E-state index contributed by atoms with van der Waals surface area (Å²) in [7, 11) is 3.12. The number of hydrogen-bond donors (Lipinski definition) is 1. The summed E-state index contributed by atoms with van der Waals surface area (Å²) in [5.74, 6) is 0.580. The highest BCUT2D eigenvalue weighted by Gasteiger charge is 2.12. The highest BCUT2D eigenvalue weighted by molar-refractivity contribution is 6.32. The Labute approximate surface area is 159 Å². The van der Waals surface area contributed by atoms with Crippen molar-refractivity contribution in [1.29, 1.82) is 0 Å². The molecule has 0 aliphatic rings. The van der Waals surface area contributed by atoms with Crippen LogP contribution in [-0.2, 0) is 13.6 Å². The lowest BCUT2D eigenvalue weighted by Crippen LogP contribution is -2.29. The molecule has 27 heavy (non-hydrogen) atoms. The molecule has 8 nitrogen and oxygen atoms in total. The topological polar surface area (TPSA) is 99.0 Å². The SMILES string of the molecule is COc1ccc(-c2cc(C(=O)NCc3nccc(=O)n3C)ncn2)cc1Cl. The largest absolute Gasteiger partial charge is 0.495 e. The van der Waals surface area contributed by atoms with Gasteiger partial charge in [0.15, 0.2) is 0 Å². The lowest BCUT2D eigenvalue weighted by atomic mass is 10.1. The van der Waals surface area contributed by atoms with Crippen LogP contribution in [0.5, 0.6) is 5.75 Å². The van der Waals surface area contributed by atoms with Crippen LogP contribution < -0.4 is 15.6 Å². The second kappa shape index (κ2) is 7.96. The molecular weight excluding hydrogens is 370 g/mol. The van der Waals surface area contributed by atoms with Gasteiger partial charge in [-0.25, -0.2) is 15.0 Å². The van der Waals surface area contributed by atoms with Crippen LogP contribution in [-0.4, -0.2) is 32.5 Å². The number of hydrogen-bond acceptors (Lipinski definition) is 6. The fourth-order valence-corrected chi connectivity index (χ4v) is 2.65. The average Bonchev–Trinajstić information content (AvgIpc) is 2.69. The van der Waals surface area contributed by atoms with Gasteiger partial charge in [0.1, 0.15) is 23.6 Å². The van der Waals surface area contributed by atoms with E-state index < -0.39 is 5.91 Å². The summed E-state index contributed by atoms with van der Waals surface area (Å²) < 4.78 is 6.50. The first-order valence-electron chi connectivity index (χ1n) is 7.94. The molecule has 0 atom stereocenters. The molecule has 138 valence electrons. The molecule has 0 fully saturated rings. The Morgan fingerprint density at radius 3 is 2.78 bits per heavy atom. The Balaban J connectivity index is 1.78. The van der Waals surface area contributed by atoms with E-state index in [1.807, 2.05) is 0 Å². The Bertz CT molecular complexity index is 1050. The summed E-state index contributed by atoms with van der Waals surface area (Å²) in [4.78, 5) is 36.3. The van der Waals surface area contributed by atoms with Crippen LogP contribution in [0.4, 0.5) is 0 Å². The van der Waals surface area contributed by atoms with Crippen LogP contribution >= 0.6 is 11.6 Å². The summed E-state index contributed by atoms with van der Waals surface area (Å²) in [5, 5.41) is 3.13. The van der Waals surface area contributed by atoms with E-state index in [1.54, 1.807) is 31.3 Å². The van der Waals surface area contributed by atoms with Gasteiger partial charge in [-0.2, -0.15) is 0 Å². The van der Waals surface area contributed by atoms with Crippen molar-refractivity contribution in [2.45, 2.75) is 6.54 Å². The molecule has 0 aliphatic carbocycles. The highest BCUT2D eigenvalue weighted by atomic mass is 35.5. The van der Waals surface area contributed by atoms with Crippen LogP contribution in [0, 0.1) is 0 Å². The molecule has 2 heterocycles. The summed E-state index contributed by atoms with van der Waals surface area (Å²) in [6.07, 6.45) is 2.71. The van der Waals surface area contributed by atoms with Crippen molar-refractivity contribution in [2.75, 3.05) is 7.11 Å².